The van der Waals surface area contributed by atoms with Crippen molar-refractivity contribution in [1.82, 2.24) is 0 Å². The Morgan fingerprint density at radius 2 is 1.70 bits per heavy atom. The van der Waals surface area contributed by atoms with Gasteiger partial charge in [-0.15, -0.1) is 0 Å². The molecule has 0 bridgehead atoms. The zero-order valence-corrected chi connectivity index (χ0v) is 15.2. The topological polar surface area (TPSA) is 46.2 Å². The van der Waals surface area contributed by atoms with E-state index in [-0.39, 0.29) is 19.2 Å². The lowest BCUT2D eigenvalue weighted by Gasteiger charge is -2.11. The van der Waals surface area contributed by atoms with Gasteiger partial charge in [-0.25, -0.2) is 0 Å². The van der Waals surface area contributed by atoms with E-state index in [1.807, 2.05) is 33.8 Å². The molecule has 0 fully saturated rings. The molecule has 1 rings (SSSR count). The molecule has 1 amide bonds. The number of anilines is 1. The van der Waals surface area contributed by atoms with Crippen molar-refractivity contribution in [2.24, 2.45) is 11.8 Å². The van der Waals surface area contributed by atoms with Crippen molar-refractivity contribution in [3.05, 3.63) is 29.3 Å². The molecule has 0 saturated heterocycles. The van der Waals surface area contributed by atoms with Gasteiger partial charge in [-0.05, 0) is 49.4 Å². The SMILES string of the molecule is Cc1cc(CCCCCC(=O)C(C)C)cc(NC(=O)C(C)C)c1.[HH]. The Labute approximate surface area is 142 Å². The normalized spacial score (nSPS) is 11.1. The van der Waals surface area contributed by atoms with Crippen molar-refractivity contribution < 1.29 is 11.0 Å². The summed E-state index contributed by atoms with van der Waals surface area (Å²) in [5, 5.41) is 2.97. The first-order valence-corrected chi connectivity index (χ1v) is 8.73. The molecule has 1 N–H and O–H groups in total. The van der Waals surface area contributed by atoms with Gasteiger partial charge in [0.25, 0.3) is 0 Å². The second-order valence-electron chi connectivity index (χ2n) is 7.03. The highest BCUT2D eigenvalue weighted by Crippen LogP contribution is 2.18. The highest BCUT2D eigenvalue weighted by atomic mass is 16.1. The average Bonchev–Trinajstić information content (AvgIpc) is 2.45. The molecule has 0 heterocycles. The monoisotopic (exact) mass is 319 g/mol. The van der Waals surface area contributed by atoms with E-state index < -0.39 is 0 Å². The summed E-state index contributed by atoms with van der Waals surface area (Å²) < 4.78 is 0. The van der Waals surface area contributed by atoms with Crippen LogP contribution in [-0.4, -0.2) is 11.7 Å². The quantitative estimate of drug-likeness (QED) is 0.639. The molecule has 0 aliphatic carbocycles. The van der Waals surface area contributed by atoms with Gasteiger partial charge in [0.2, 0.25) is 5.91 Å². The maximum Gasteiger partial charge on any atom is 0.226 e. The fourth-order valence-electron chi connectivity index (χ4n) is 2.46. The molecule has 0 aliphatic heterocycles. The van der Waals surface area contributed by atoms with Crippen LogP contribution in [0.3, 0.4) is 0 Å². The van der Waals surface area contributed by atoms with Crippen molar-refractivity contribution >= 4 is 17.4 Å². The van der Waals surface area contributed by atoms with Crippen molar-refractivity contribution in [3.8, 4) is 0 Å². The summed E-state index contributed by atoms with van der Waals surface area (Å²) in [4.78, 5) is 23.4. The second-order valence-corrected chi connectivity index (χ2v) is 7.03. The van der Waals surface area contributed by atoms with Gasteiger partial charge >= 0.3 is 0 Å². The highest BCUT2D eigenvalue weighted by molar-refractivity contribution is 5.92. The third-order valence-electron chi connectivity index (χ3n) is 3.96. The Bertz CT molecular complexity index is 538. The Morgan fingerprint density at radius 3 is 2.30 bits per heavy atom. The minimum Gasteiger partial charge on any atom is -0.326 e. The molecule has 0 atom stereocenters. The molecular formula is C20H33NO2. The molecule has 1 aromatic rings. The molecule has 0 unspecified atom stereocenters. The summed E-state index contributed by atoms with van der Waals surface area (Å²) in [5.41, 5.74) is 3.30. The summed E-state index contributed by atoms with van der Waals surface area (Å²) in [7, 11) is 0. The molecule has 130 valence electrons. The number of unbranched alkanes of at least 4 members (excludes halogenated alkanes) is 2. The number of carbonyl (C=O) groups excluding carboxylic acids is 2. The molecule has 1 aromatic carbocycles. The zero-order valence-electron chi connectivity index (χ0n) is 15.2. The van der Waals surface area contributed by atoms with Gasteiger partial charge in [0, 0.05) is 25.4 Å². The Kier molecular flexibility index (Phi) is 8.01. The molecule has 0 radical (unpaired) electrons. The van der Waals surface area contributed by atoms with Gasteiger partial charge in [-0.1, -0.05) is 40.2 Å². The van der Waals surface area contributed by atoms with Crippen LogP contribution >= 0.6 is 0 Å². The number of hydrogen-bond acceptors (Lipinski definition) is 2. The fraction of sp³-hybridized carbons (Fsp3) is 0.600. The third-order valence-corrected chi connectivity index (χ3v) is 3.96. The minimum atomic E-state index is -0.0162. The molecule has 0 aliphatic rings. The van der Waals surface area contributed by atoms with Gasteiger partial charge in [-0.3, -0.25) is 9.59 Å². The Morgan fingerprint density at radius 1 is 1.00 bits per heavy atom. The van der Waals surface area contributed by atoms with E-state index in [0.29, 0.717) is 12.2 Å². The number of aryl methyl sites for hydroxylation is 2. The summed E-state index contributed by atoms with van der Waals surface area (Å²) >= 11 is 0. The van der Waals surface area contributed by atoms with Crippen LogP contribution in [0.2, 0.25) is 0 Å². The lowest BCUT2D eigenvalue weighted by atomic mass is 10.00. The highest BCUT2D eigenvalue weighted by Gasteiger charge is 2.09. The number of hydrogen-bond donors (Lipinski definition) is 1. The lowest BCUT2D eigenvalue weighted by molar-refractivity contribution is -0.122. The number of ketones is 1. The Balaban J connectivity index is 0.00000529. The first-order valence-electron chi connectivity index (χ1n) is 8.73. The van der Waals surface area contributed by atoms with E-state index in [2.05, 4.69) is 24.4 Å². The van der Waals surface area contributed by atoms with Crippen LogP contribution < -0.4 is 5.32 Å². The largest absolute Gasteiger partial charge is 0.326 e. The summed E-state index contributed by atoms with van der Waals surface area (Å²) in [5.74, 6) is 0.546. The molecule has 3 nitrogen and oxygen atoms in total. The molecule has 0 aromatic heterocycles. The van der Waals surface area contributed by atoms with Gasteiger partial charge < -0.3 is 5.32 Å². The van der Waals surface area contributed by atoms with Gasteiger partial charge in [0.1, 0.15) is 5.78 Å². The molecule has 0 saturated carbocycles. The number of nitrogens with one attached hydrogen (secondary N) is 1. The van der Waals surface area contributed by atoms with Crippen LogP contribution in [0, 0.1) is 18.8 Å². The van der Waals surface area contributed by atoms with E-state index in [4.69, 9.17) is 0 Å². The smallest absolute Gasteiger partial charge is 0.226 e. The summed E-state index contributed by atoms with van der Waals surface area (Å²) in [6.07, 6.45) is 4.80. The van der Waals surface area contributed by atoms with Gasteiger partial charge in [0.15, 0.2) is 0 Å². The summed E-state index contributed by atoms with van der Waals surface area (Å²) in [6.45, 7) is 9.76. The molecular weight excluding hydrogens is 286 g/mol. The number of amides is 1. The predicted octanol–water partition coefficient (Wildman–Crippen LogP) is 5.16. The van der Waals surface area contributed by atoms with Crippen molar-refractivity contribution in [2.75, 3.05) is 5.32 Å². The van der Waals surface area contributed by atoms with Crippen molar-refractivity contribution in [2.45, 2.75) is 66.7 Å². The van der Waals surface area contributed by atoms with E-state index in [9.17, 15) is 9.59 Å². The van der Waals surface area contributed by atoms with Crippen LogP contribution in [0.1, 0.15) is 65.9 Å². The van der Waals surface area contributed by atoms with E-state index in [1.165, 1.54) is 5.56 Å². The number of carbonyl (C=O) groups is 2. The average molecular weight is 319 g/mol. The van der Waals surface area contributed by atoms with Crippen molar-refractivity contribution in [3.63, 3.8) is 0 Å². The van der Waals surface area contributed by atoms with E-state index in [1.54, 1.807) is 0 Å². The molecule has 0 spiro atoms. The van der Waals surface area contributed by atoms with Crippen LogP contribution in [0.15, 0.2) is 18.2 Å². The Hall–Kier alpha value is -1.64. The number of rotatable bonds is 9. The standard InChI is InChI=1S/C20H31NO2.H2/c1-14(2)19(22)10-8-6-7-9-17-11-16(5)12-18(13-17)21-20(23)15(3)4;/h11-15H,6-10H2,1-5H3,(H,21,23);1H. The predicted molar refractivity (Wildman–Crippen MR) is 98.8 cm³/mol. The van der Waals surface area contributed by atoms with Gasteiger partial charge in [0.05, 0.1) is 0 Å². The van der Waals surface area contributed by atoms with Crippen LogP contribution in [-0.2, 0) is 16.0 Å². The lowest BCUT2D eigenvalue weighted by Crippen LogP contribution is -2.17. The van der Waals surface area contributed by atoms with E-state index in [0.717, 1.165) is 36.9 Å². The number of benzene rings is 1. The number of Topliss-reactive ketones (excluding diaryl/α,β-unsaturated/α-hetero) is 1. The molecule has 23 heavy (non-hydrogen) atoms. The van der Waals surface area contributed by atoms with Crippen LogP contribution in [0.25, 0.3) is 0 Å². The maximum absolute atomic E-state index is 11.8. The minimum absolute atomic E-state index is 0. The van der Waals surface area contributed by atoms with Crippen molar-refractivity contribution in [1.29, 1.82) is 0 Å². The van der Waals surface area contributed by atoms with Crippen LogP contribution in [0.5, 0.6) is 0 Å². The van der Waals surface area contributed by atoms with E-state index >= 15 is 0 Å². The zero-order chi connectivity index (χ0) is 17.4. The third kappa shape index (κ3) is 7.45. The van der Waals surface area contributed by atoms with Gasteiger partial charge in [-0.2, -0.15) is 0 Å². The first kappa shape index (κ1) is 19.4. The summed E-state index contributed by atoms with van der Waals surface area (Å²) in [6, 6.07) is 6.24. The second kappa shape index (κ2) is 9.49. The van der Waals surface area contributed by atoms with Crippen LogP contribution in [0.4, 0.5) is 5.69 Å². The fourth-order valence-corrected chi connectivity index (χ4v) is 2.46. The molecule has 3 heteroatoms. The first-order chi connectivity index (χ1) is 10.8. The maximum atomic E-state index is 11.8.